The van der Waals surface area contributed by atoms with Gasteiger partial charge in [-0.05, 0) is 25.8 Å². The first kappa shape index (κ1) is 13.3. The van der Waals surface area contributed by atoms with Crippen molar-refractivity contribution in [2.45, 2.75) is 32.2 Å². The number of aromatic nitrogens is 1. The van der Waals surface area contributed by atoms with Crippen LogP contribution in [0.15, 0.2) is 23.1 Å². The Labute approximate surface area is 109 Å². The number of carboxylic acids is 1. The normalized spacial score (nSPS) is 26.1. The minimum absolute atomic E-state index is 0.284. The van der Waals surface area contributed by atoms with E-state index in [1.165, 1.54) is 18.3 Å². The number of nitrogens with one attached hydrogen (secondary N) is 2. The molecular weight excluding hydrogens is 248 g/mol. The fourth-order valence-electron chi connectivity index (χ4n) is 2.45. The monoisotopic (exact) mass is 264 g/mol. The lowest BCUT2D eigenvalue weighted by atomic mass is 9.85. The second-order valence-corrected chi connectivity index (χ2v) is 5.08. The van der Waals surface area contributed by atoms with Crippen molar-refractivity contribution >= 4 is 11.9 Å². The van der Waals surface area contributed by atoms with E-state index >= 15 is 0 Å². The summed E-state index contributed by atoms with van der Waals surface area (Å²) >= 11 is 0. The molecule has 1 aromatic heterocycles. The van der Waals surface area contributed by atoms with Gasteiger partial charge >= 0.3 is 5.97 Å². The summed E-state index contributed by atoms with van der Waals surface area (Å²) in [7, 11) is 0. The summed E-state index contributed by atoms with van der Waals surface area (Å²) in [6, 6.07) is 2.30. The standard InChI is InChI=1S/C13H16N2O4/c1-13(12(18)19)6-2-3-9(13)15-11(17)8-4-5-10(16)14-7-8/h4-5,7,9H,2-3,6H2,1H3,(H,14,16)(H,15,17)(H,18,19). The van der Waals surface area contributed by atoms with Gasteiger partial charge in [-0.2, -0.15) is 0 Å². The summed E-state index contributed by atoms with van der Waals surface area (Å²) in [6.45, 7) is 1.65. The van der Waals surface area contributed by atoms with Crippen molar-refractivity contribution in [3.63, 3.8) is 0 Å². The molecule has 3 N–H and O–H groups in total. The van der Waals surface area contributed by atoms with Crippen molar-refractivity contribution in [1.29, 1.82) is 0 Å². The zero-order valence-corrected chi connectivity index (χ0v) is 10.6. The van der Waals surface area contributed by atoms with Crippen LogP contribution in [0.5, 0.6) is 0 Å². The highest BCUT2D eigenvalue weighted by atomic mass is 16.4. The van der Waals surface area contributed by atoms with Crippen LogP contribution in [0.1, 0.15) is 36.5 Å². The van der Waals surface area contributed by atoms with Crippen molar-refractivity contribution < 1.29 is 14.7 Å². The Hall–Kier alpha value is -2.11. The van der Waals surface area contributed by atoms with Gasteiger partial charge in [0.25, 0.3) is 5.91 Å². The van der Waals surface area contributed by atoms with Crippen molar-refractivity contribution in [3.8, 4) is 0 Å². The van der Waals surface area contributed by atoms with E-state index < -0.39 is 11.4 Å². The fraction of sp³-hybridized carbons (Fsp3) is 0.462. The summed E-state index contributed by atoms with van der Waals surface area (Å²) in [5.74, 6) is -1.26. The minimum Gasteiger partial charge on any atom is -0.481 e. The van der Waals surface area contributed by atoms with Crippen LogP contribution in [0.2, 0.25) is 0 Å². The van der Waals surface area contributed by atoms with E-state index in [9.17, 15) is 19.5 Å². The van der Waals surface area contributed by atoms with Gasteiger partial charge in [0.2, 0.25) is 5.56 Å². The van der Waals surface area contributed by atoms with Crippen LogP contribution in [0.25, 0.3) is 0 Å². The maximum Gasteiger partial charge on any atom is 0.311 e. The topological polar surface area (TPSA) is 99.3 Å². The van der Waals surface area contributed by atoms with Crippen molar-refractivity contribution in [1.82, 2.24) is 10.3 Å². The van der Waals surface area contributed by atoms with Gasteiger partial charge < -0.3 is 15.4 Å². The number of aliphatic carboxylic acids is 1. The highest BCUT2D eigenvalue weighted by Crippen LogP contribution is 2.38. The predicted molar refractivity (Wildman–Crippen MR) is 67.9 cm³/mol. The van der Waals surface area contributed by atoms with Crippen LogP contribution in [-0.4, -0.2) is 28.0 Å². The predicted octanol–water partition coefficient (Wildman–Crippen LogP) is 0.748. The molecule has 0 radical (unpaired) electrons. The second-order valence-electron chi connectivity index (χ2n) is 5.08. The summed E-state index contributed by atoms with van der Waals surface area (Å²) in [4.78, 5) is 36.6. The highest BCUT2D eigenvalue weighted by molar-refractivity contribution is 5.94. The third-order valence-corrected chi connectivity index (χ3v) is 3.80. The highest BCUT2D eigenvalue weighted by Gasteiger charge is 2.45. The van der Waals surface area contributed by atoms with Crippen LogP contribution in [0.3, 0.4) is 0 Å². The Morgan fingerprint density at radius 1 is 1.47 bits per heavy atom. The molecule has 0 saturated heterocycles. The van der Waals surface area contributed by atoms with E-state index in [0.717, 1.165) is 6.42 Å². The number of rotatable bonds is 3. The number of amides is 1. The van der Waals surface area contributed by atoms with Crippen LogP contribution < -0.4 is 10.9 Å². The second kappa shape index (κ2) is 4.87. The van der Waals surface area contributed by atoms with Crippen LogP contribution >= 0.6 is 0 Å². The van der Waals surface area contributed by atoms with E-state index in [2.05, 4.69) is 10.3 Å². The third kappa shape index (κ3) is 2.52. The third-order valence-electron chi connectivity index (χ3n) is 3.80. The molecule has 6 nitrogen and oxygen atoms in total. The minimum atomic E-state index is -0.919. The zero-order valence-electron chi connectivity index (χ0n) is 10.6. The molecule has 0 bridgehead atoms. The quantitative estimate of drug-likeness (QED) is 0.750. The molecule has 1 fully saturated rings. The molecule has 0 aliphatic heterocycles. The number of carbonyl (C=O) groups is 2. The Kier molecular flexibility index (Phi) is 3.42. The van der Waals surface area contributed by atoms with Crippen molar-refractivity contribution in [2.75, 3.05) is 0 Å². The smallest absolute Gasteiger partial charge is 0.311 e. The molecule has 1 aromatic rings. The molecule has 0 aromatic carbocycles. The lowest BCUT2D eigenvalue weighted by Crippen LogP contribution is -2.47. The Balaban J connectivity index is 2.13. The number of hydrogen-bond acceptors (Lipinski definition) is 3. The first-order valence-electron chi connectivity index (χ1n) is 6.16. The molecule has 1 amide bonds. The van der Waals surface area contributed by atoms with E-state index in [1.54, 1.807) is 6.92 Å². The van der Waals surface area contributed by atoms with Crippen LogP contribution in [0.4, 0.5) is 0 Å². The largest absolute Gasteiger partial charge is 0.481 e. The van der Waals surface area contributed by atoms with Gasteiger partial charge in [-0.15, -0.1) is 0 Å². The van der Waals surface area contributed by atoms with Crippen LogP contribution in [0, 0.1) is 5.41 Å². The number of aromatic amines is 1. The van der Waals surface area contributed by atoms with Gasteiger partial charge in [0, 0.05) is 18.3 Å². The van der Waals surface area contributed by atoms with E-state index in [-0.39, 0.29) is 17.5 Å². The van der Waals surface area contributed by atoms with Gasteiger partial charge in [-0.3, -0.25) is 14.4 Å². The molecule has 19 heavy (non-hydrogen) atoms. The molecule has 1 aliphatic carbocycles. The number of pyridine rings is 1. The number of H-pyrrole nitrogens is 1. The summed E-state index contributed by atoms with van der Waals surface area (Å²) in [5.41, 5.74) is -0.885. The average Bonchev–Trinajstić information content (AvgIpc) is 2.73. The van der Waals surface area contributed by atoms with Gasteiger partial charge in [-0.1, -0.05) is 6.42 Å². The van der Waals surface area contributed by atoms with Gasteiger partial charge in [-0.25, -0.2) is 0 Å². The molecule has 102 valence electrons. The maximum absolute atomic E-state index is 12.0. The summed E-state index contributed by atoms with van der Waals surface area (Å²) < 4.78 is 0. The summed E-state index contributed by atoms with van der Waals surface area (Å²) in [6.07, 6.45) is 3.31. The van der Waals surface area contributed by atoms with Gasteiger partial charge in [0.1, 0.15) is 0 Å². The van der Waals surface area contributed by atoms with E-state index in [4.69, 9.17) is 0 Å². The lowest BCUT2D eigenvalue weighted by Gasteiger charge is -2.27. The average molecular weight is 264 g/mol. The van der Waals surface area contributed by atoms with Crippen LogP contribution in [-0.2, 0) is 4.79 Å². The van der Waals surface area contributed by atoms with Gasteiger partial charge in [0.15, 0.2) is 0 Å². The molecule has 2 unspecified atom stereocenters. The molecule has 2 rings (SSSR count). The molecule has 1 heterocycles. The van der Waals surface area contributed by atoms with Gasteiger partial charge in [0.05, 0.1) is 11.0 Å². The molecule has 1 saturated carbocycles. The number of hydrogen-bond donors (Lipinski definition) is 3. The first-order valence-corrected chi connectivity index (χ1v) is 6.16. The fourth-order valence-corrected chi connectivity index (χ4v) is 2.45. The van der Waals surface area contributed by atoms with Crippen molar-refractivity contribution in [3.05, 3.63) is 34.2 Å². The lowest BCUT2D eigenvalue weighted by molar-refractivity contribution is -0.148. The van der Waals surface area contributed by atoms with Crippen molar-refractivity contribution in [2.24, 2.45) is 5.41 Å². The number of carbonyl (C=O) groups excluding carboxylic acids is 1. The zero-order chi connectivity index (χ0) is 14.0. The Morgan fingerprint density at radius 3 is 2.79 bits per heavy atom. The molecule has 2 atom stereocenters. The maximum atomic E-state index is 12.0. The molecular formula is C13H16N2O4. The Bertz CT molecular complexity index is 546. The van der Waals surface area contributed by atoms with E-state index in [0.29, 0.717) is 18.4 Å². The Morgan fingerprint density at radius 2 is 2.21 bits per heavy atom. The summed E-state index contributed by atoms with van der Waals surface area (Å²) in [5, 5.41) is 12.0. The molecule has 6 heteroatoms. The SMILES string of the molecule is CC1(C(=O)O)CCCC1NC(=O)c1ccc(=O)[nH]c1. The van der Waals surface area contributed by atoms with E-state index in [1.807, 2.05) is 0 Å². The molecule has 1 aliphatic rings. The first-order chi connectivity index (χ1) is 8.93. The number of carboxylic acid groups (broad SMARTS) is 1. The molecule has 0 spiro atoms.